The van der Waals surface area contributed by atoms with Crippen molar-refractivity contribution in [1.82, 2.24) is 10.2 Å². The molecule has 1 aromatic heterocycles. The van der Waals surface area contributed by atoms with Gasteiger partial charge in [0.1, 0.15) is 17.4 Å². The van der Waals surface area contributed by atoms with Gasteiger partial charge in [-0.25, -0.2) is 0 Å². The average Bonchev–Trinajstić information content (AvgIpc) is 3.29. The highest BCUT2D eigenvalue weighted by Gasteiger charge is 2.36. The Hall–Kier alpha value is -4.12. The number of hydrogen-bond donors (Lipinski definition) is 2. The van der Waals surface area contributed by atoms with Gasteiger partial charge >= 0.3 is 0 Å². The van der Waals surface area contributed by atoms with Gasteiger partial charge in [0, 0.05) is 5.56 Å². The molecule has 0 spiro atoms. The molecule has 1 aliphatic rings. The molecule has 182 valence electrons. The van der Waals surface area contributed by atoms with Gasteiger partial charge in [0.05, 0.1) is 37.0 Å². The van der Waals surface area contributed by atoms with Crippen molar-refractivity contribution in [2.45, 2.75) is 39.5 Å². The van der Waals surface area contributed by atoms with Gasteiger partial charge in [-0.05, 0) is 61.7 Å². The average molecular weight is 475 g/mol. The number of nitrogens with two attached hydrogens (primary N) is 1. The maximum absolute atomic E-state index is 10.0. The van der Waals surface area contributed by atoms with E-state index < -0.39 is 5.92 Å². The quantitative estimate of drug-likeness (QED) is 0.411. The Morgan fingerprint density at radius 3 is 2.43 bits per heavy atom. The Morgan fingerprint density at radius 2 is 1.74 bits per heavy atom. The van der Waals surface area contributed by atoms with E-state index in [0.29, 0.717) is 42.8 Å². The molecule has 0 fully saturated rings. The third-order valence-electron chi connectivity index (χ3n) is 5.62. The van der Waals surface area contributed by atoms with E-state index in [9.17, 15) is 5.26 Å². The predicted molar refractivity (Wildman–Crippen MR) is 133 cm³/mol. The van der Waals surface area contributed by atoms with Crippen LogP contribution in [0, 0.1) is 11.3 Å². The highest BCUT2D eigenvalue weighted by atomic mass is 16.5. The molecule has 8 nitrogen and oxygen atoms in total. The summed E-state index contributed by atoms with van der Waals surface area (Å²) in [6.07, 6.45) is 1.82. The van der Waals surface area contributed by atoms with Crippen LogP contribution in [0.15, 0.2) is 53.9 Å². The van der Waals surface area contributed by atoms with Gasteiger partial charge in [-0.15, -0.1) is 5.10 Å². The van der Waals surface area contributed by atoms with E-state index in [1.165, 1.54) is 0 Å². The number of aromatic nitrogens is 2. The molecule has 35 heavy (non-hydrogen) atoms. The first-order chi connectivity index (χ1) is 17.1. The lowest BCUT2D eigenvalue weighted by Gasteiger charge is -2.25. The van der Waals surface area contributed by atoms with E-state index in [1.807, 2.05) is 56.3 Å². The van der Waals surface area contributed by atoms with Crippen LogP contribution in [0.2, 0.25) is 0 Å². The SMILES string of the molecule is CCCOc1ccc(-c2[nH]nc3c2[C@H](c2ccc(OCCC)c(OCC)c2)C(C#N)=C(N)O3)cc1. The molecule has 0 aliphatic carbocycles. The van der Waals surface area contributed by atoms with E-state index >= 15 is 0 Å². The molecule has 0 bridgehead atoms. The van der Waals surface area contributed by atoms with Crippen LogP contribution in [0.3, 0.4) is 0 Å². The molecular weight excluding hydrogens is 444 g/mol. The molecule has 8 heteroatoms. The summed E-state index contributed by atoms with van der Waals surface area (Å²) < 4.78 is 23.2. The molecule has 2 aromatic carbocycles. The van der Waals surface area contributed by atoms with E-state index in [0.717, 1.165) is 41.0 Å². The minimum atomic E-state index is -0.493. The molecule has 0 radical (unpaired) electrons. The zero-order valence-corrected chi connectivity index (χ0v) is 20.3. The topological polar surface area (TPSA) is 115 Å². The first-order valence-corrected chi connectivity index (χ1v) is 11.9. The van der Waals surface area contributed by atoms with Gasteiger partial charge in [-0.2, -0.15) is 5.26 Å². The second kappa shape index (κ2) is 10.9. The van der Waals surface area contributed by atoms with Crippen LogP contribution in [0.25, 0.3) is 11.3 Å². The largest absolute Gasteiger partial charge is 0.494 e. The zero-order chi connectivity index (χ0) is 24.8. The lowest BCUT2D eigenvalue weighted by molar-refractivity contribution is 0.276. The molecule has 0 saturated carbocycles. The smallest absolute Gasteiger partial charge is 0.244 e. The normalized spacial score (nSPS) is 14.6. The van der Waals surface area contributed by atoms with Crippen LogP contribution >= 0.6 is 0 Å². The van der Waals surface area contributed by atoms with Crippen molar-refractivity contribution in [1.29, 1.82) is 5.26 Å². The standard InChI is InChI=1S/C27H30N4O4/c1-4-13-33-19-10-7-17(8-11-19)25-24-23(20(16-28)26(29)35-27(24)31-30-25)18-9-12-21(34-14-5-2)22(15-18)32-6-3/h7-12,15,23H,4-6,13-14,29H2,1-3H3,(H,30,31)/t23-/m1/s1. The van der Waals surface area contributed by atoms with Crippen molar-refractivity contribution in [3.8, 4) is 40.5 Å². The Balaban J connectivity index is 1.79. The van der Waals surface area contributed by atoms with Gasteiger partial charge in [0.25, 0.3) is 0 Å². The fraction of sp³-hybridized carbons (Fsp3) is 0.333. The minimum Gasteiger partial charge on any atom is -0.494 e. The molecule has 1 aliphatic heterocycles. The number of allylic oxidation sites excluding steroid dienone is 1. The molecule has 0 amide bonds. The van der Waals surface area contributed by atoms with E-state index in [1.54, 1.807) is 0 Å². The summed E-state index contributed by atoms with van der Waals surface area (Å²) in [5, 5.41) is 17.4. The van der Waals surface area contributed by atoms with E-state index in [2.05, 4.69) is 23.2 Å². The minimum absolute atomic E-state index is 0.0376. The van der Waals surface area contributed by atoms with Gasteiger partial charge in [-0.3, -0.25) is 5.10 Å². The lowest BCUT2D eigenvalue weighted by atomic mass is 9.83. The molecule has 3 N–H and O–H groups in total. The first kappa shape index (κ1) is 24.0. The van der Waals surface area contributed by atoms with Gasteiger partial charge < -0.3 is 24.7 Å². The highest BCUT2D eigenvalue weighted by Crippen LogP contribution is 2.47. The monoisotopic (exact) mass is 474 g/mol. The van der Waals surface area contributed by atoms with Crippen LogP contribution in [-0.2, 0) is 0 Å². The van der Waals surface area contributed by atoms with Crippen LogP contribution in [0.5, 0.6) is 23.1 Å². The summed E-state index contributed by atoms with van der Waals surface area (Å²) in [4.78, 5) is 0. The number of ether oxygens (including phenoxy) is 4. The Kier molecular flexibility index (Phi) is 7.46. The number of aromatic amines is 1. The number of fused-ring (bicyclic) bond motifs is 1. The van der Waals surface area contributed by atoms with Gasteiger partial charge in [0.15, 0.2) is 11.5 Å². The second-order valence-electron chi connectivity index (χ2n) is 8.10. The van der Waals surface area contributed by atoms with Crippen LogP contribution in [0.4, 0.5) is 0 Å². The highest BCUT2D eigenvalue weighted by molar-refractivity contribution is 5.71. The fourth-order valence-electron chi connectivity index (χ4n) is 4.04. The summed E-state index contributed by atoms with van der Waals surface area (Å²) >= 11 is 0. The lowest BCUT2D eigenvalue weighted by Crippen LogP contribution is -2.21. The third kappa shape index (κ3) is 4.90. The van der Waals surface area contributed by atoms with Crippen molar-refractivity contribution in [2.75, 3.05) is 19.8 Å². The molecular formula is C27H30N4O4. The summed E-state index contributed by atoms with van der Waals surface area (Å²) in [5.41, 5.74) is 9.66. The van der Waals surface area contributed by atoms with Crippen LogP contribution < -0.4 is 24.7 Å². The van der Waals surface area contributed by atoms with Crippen LogP contribution in [-0.4, -0.2) is 30.0 Å². The maximum Gasteiger partial charge on any atom is 0.244 e. The molecule has 0 saturated heterocycles. The molecule has 4 rings (SSSR count). The number of H-pyrrole nitrogens is 1. The van der Waals surface area contributed by atoms with Crippen molar-refractivity contribution in [3.05, 3.63) is 65.0 Å². The summed E-state index contributed by atoms with van der Waals surface area (Å²) in [7, 11) is 0. The Labute approximate surface area is 205 Å². The number of nitriles is 1. The predicted octanol–water partition coefficient (Wildman–Crippen LogP) is 5.27. The fourth-order valence-corrected chi connectivity index (χ4v) is 4.04. The van der Waals surface area contributed by atoms with Crippen molar-refractivity contribution < 1.29 is 18.9 Å². The Bertz CT molecular complexity index is 1240. The summed E-state index contributed by atoms with van der Waals surface area (Å²) in [6.45, 7) is 7.76. The third-order valence-corrected chi connectivity index (χ3v) is 5.62. The number of nitrogens with zero attached hydrogens (tertiary/aromatic N) is 2. The van der Waals surface area contributed by atoms with Crippen molar-refractivity contribution >= 4 is 0 Å². The Morgan fingerprint density at radius 1 is 1.00 bits per heavy atom. The number of benzene rings is 2. The van der Waals surface area contributed by atoms with Crippen molar-refractivity contribution in [3.63, 3.8) is 0 Å². The van der Waals surface area contributed by atoms with E-state index in [4.69, 9.17) is 24.7 Å². The molecule has 2 heterocycles. The molecule has 1 atom stereocenters. The number of hydrogen-bond acceptors (Lipinski definition) is 7. The summed E-state index contributed by atoms with van der Waals surface area (Å²) in [5.74, 6) is 1.96. The van der Waals surface area contributed by atoms with E-state index in [-0.39, 0.29) is 5.88 Å². The van der Waals surface area contributed by atoms with Gasteiger partial charge in [-0.1, -0.05) is 19.9 Å². The second-order valence-corrected chi connectivity index (χ2v) is 8.10. The van der Waals surface area contributed by atoms with Crippen molar-refractivity contribution in [2.24, 2.45) is 5.73 Å². The molecule has 0 unspecified atom stereocenters. The summed E-state index contributed by atoms with van der Waals surface area (Å²) in [6, 6.07) is 15.7. The van der Waals surface area contributed by atoms with Gasteiger partial charge in [0.2, 0.25) is 11.8 Å². The van der Waals surface area contributed by atoms with Crippen LogP contribution in [0.1, 0.15) is 50.7 Å². The zero-order valence-electron chi connectivity index (χ0n) is 20.3. The maximum atomic E-state index is 10.0. The molecule has 3 aromatic rings. The number of nitrogens with one attached hydrogen (secondary N) is 1. The first-order valence-electron chi connectivity index (χ1n) is 11.9. The number of rotatable bonds is 10.